The van der Waals surface area contributed by atoms with Gasteiger partial charge in [-0.3, -0.25) is 4.21 Å². The highest BCUT2D eigenvalue weighted by Crippen LogP contribution is 2.09. The molecule has 3 unspecified atom stereocenters. The highest BCUT2D eigenvalue weighted by atomic mass is 32.2. The van der Waals surface area contributed by atoms with Crippen LogP contribution < -0.4 is 5.32 Å². The van der Waals surface area contributed by atoms with Gasteiger partial charge in [0.1, 0.15) is 0 Å². The molecule has 0 fully saturated rings. The molecular weight excluding hydrogens is 194 g/mol. The maximum atomic E-state index is 11.9. The number of rotatable bonds is 7. The molecule has 0 aliphatic rings. The van der Waals surface area contributed by atoms with Crippen molar-refractivity contribution >= 4 is 10.8 Å². The maximum Gasteiger partial charge on any atom is 0.0473 e. The number of hydrogen-bond donors (Lipinski definition) is 1. The summed E-state index contributed by atoms with van der Waals surface area (Å²) >= 11 is 0. The van der Waals surface area contributed by atoms with E-state index in [1.54, 1.807) is 0 Å². The largest absolute Gasteiger partial charge is 0.313 e. The minimum atomic E-state index is -0.689. The van der Waals surface area contributed by atoms with Crippen molar-refractivity contribution in [1.29, 1.82) is 0 Å². The van der Waals surface area contributed by atoms with Crippen molar-refractivity contribution in [3.05, 3.63) is 0 Å². The van der Waals surface area contributed by atoms with Gasteiger partial charge in [-0.2, -0.15) is 0 Å². The van der Waals surface area contributed by atoms with Crippen LogP contribution in [0.15, 0.2) is 0 Å². The van der Waals surface area contributed by atoms with Crippen LogP contribution in [0.25, 0.3) is 0 Å². The summed E-state index contributed by atoms with van der Waals surface area (Å²) < 4.78 is 11.9. The highest BCUT2D eigenvalue weighted by molar-refractivity contribution is 7.85. The van der Waals surface area contributed by atoms with E-state index in [1.165, 1.54) is 0 Å². The number of hydrogen-bond acceptors (Lipinski definition) is 2. The molecule has 0 spiro atoms. The lowest BCUT2D eigenvalue weighted by Gasteiger charge is -2.23. The molecular formula is C11H25NOS. The van der Waals surface area contributed by atoms with Crippen molar-refractivity contribution in [3.8, 4) is 0 Å². The SMILES string of the molecule is CCNC(CC)C(C)S(=O)CC(C)C. The van der Waals surface area contributed by atoms with Crippen LogP contribution in [-0.2, 0) is 10.8 Å². The Bertz CT molecular complexity index is 171. The molecule has 0 bridgehead atoms. The van der Waals surface area contributed by atoms with Gasteiger partial charge in [0.15, 0.2) is 0 Å². The monoisotopic (exact) mass is 219 g/mol. The Morgan fingerprint density at radius 3 is 2.14 bits per heavy atom. The van der Waals surface area contributed by atoms with Gasteiger partial charge in [-0.15, -0.1) is 0 Å². The summed E-state index contributed by atoms with van der Waals surface area (Å²) in [5.74, 6) is 1.35. The Balaban J connectivity index is 4.12. The standard InChI is InChI=1S/C11H25NOS/c1-6-11(12-7-2)10(5)14(13)8-9(3)4/h9-12H,6-8H2,1-5H3. The van der Waals surface area contributed by atoms with Crippen molar-refractivity contribution in [3.63, 3.8) is 0 Å². The van der Waals surface area contributed by atoms with Crippen LogP contribution in [0.5, 0.6) is 0 Å². The average molecular weight is 219 g/mol. The zero-order valence-electron chi connectivity index (χ0n) is 10.2. The van der Waals surface area contributed by atoms with E-state index in [2.05, 4.69) is 39.9 Å². The second kappa shape index (κ2) is 7.41. The molecule has 14 heavy (non-hydrogen) atoms. The Labute approximate surface area is 91.3 Å². The fraction of sp³-hybridized carbons (Fsp3) is 1.00. The van der Waals surface area contributed by atoms with E-state index in [0.29, 0.717) is 12.0 Å². The Hall–Kier alpha value is 0.110. The van der Waals surface area contributed by atoms with Crippen LogP contribution in [0.1, 0.15) is 41.0 Å². The third-order valence-corrected chi connectivity index (χ3v) is 4.54. The van der Waals surface area contributed by atoms with E-state index in [-0.39, 0.29) is 5.25 Å². The van der Waals surface area contributed by atoms with Crippen LogP contribution >= 0.6 is 0 Å². The van der Waals surface area contributed by atoms with Gasteiger partial charge in [0.05, 0.1) is 0 Å². The second-order valence-electron chi connectivity index (χ2n) is 4.22. The first-order chi connectivity index (χ1) is 6.52. The van der Waals surface area contributed by atoms with Crippen molar-refractivity contribution in [2.75, 3.05) is 12.3 Å². The molecule has 86 valence electrons. The van der Waals surface area contributed by atoms with Gasteiger partial charge in [0.25, 0.3) is 0 Å². The third-order valence-electron chi connectivity index (χ3n) is 2.39. The molecule has 0 saturated carbocycles. The molecule has 0 aliphatic heterocycles. The molecule has 1 N–H and O–H groups in total. The first-order valence-electron chi connectivity index (χ1n) is 5.63. The number of nitrogens with one attached hydrogen (secondary N) is 1. The average Bonchev–Trinajstić information content (AvgIpc) is 2.12. The maximum absolute atomic E-state index is 11.9. The molecule has 2 nitrogen and oxygen atoms in total. The molecule has 0 aromatic rings. The van der Waals surface area contributed by atoms with Crippen molar-refractivity contribution in [2.45, 2.75) is 52.3 Å². The highest BCUT2D eigenvalue weighted by Gasteiger charge is 2.20. The fourth-order valence-electron chi connectivity index (χ4n) is 1.57. The van der Waals surface area contributed by atoms with Crippen molar-refractivity contribution in [2.24, 2.45) is 5.92 Å². The first kappa shape index (κ1) is 14.1. The molecule has 0 heterocycles. The van der Waals surface area contributed by atoms with E-state index >= 15 is 0 Å². The van der Waals surface area contributed by atoms with Gasteiger partial charge < -0.3 is 5.32 Å². The summed E-state index contributed by atoms with van der Waals surface area (Å²) in [6.07, 6.45) is 1.05. The van der Waals surface area contributed by atoms with Gasteiger partial charge in [0, 0.05) is 27.8 Å². The fourth-order valence-corrected chi connectivity index (χ4v) is 3.18. The lowest BCUT2D eigenvalue weighted by atomic mass is 10.2. The van der Waals surface area contributed by atoms with Gasteiger partial charge in [-0.05, 0) is 25.8 Å². The zero-order valence-corrected chi connectivity index (χ0v) is 11.0. The van der Waals surface area contributed by atoms with Crippen molar-refractivity contribution < 1.29 is 4.21 Å². The quantitative estimate of drug-likeness (QED) is 0.711. The Kier molecular flexibility index (Phi) is 7.47. The Morgan fingerprint density at radius 2 is 1.79 bits per heavy atom. The van der Waals surface area contributed by atoms with Gasteiger partial charge >= 0.3 is 0 Å². The van der Waals surface area contributed by atoms with E-state index in [0.717, 1.165) is 18.7 Å². The minimum Gasteiger partial charge on any atom is -0.313 e. The van der Waals surface area contributed by atoms with E-state index in [9.17, 15) is 4.21 Å². The minimum absolute atomic E-state index is 0.266. The smallest absolute Gasteiger partial charge is 0.0473 e. The summed E-state index contributed by atoms with van der Waals surface area (Å²) in [5.41, 5.74) is 0. The molecule has 0 aliphatic carbocycles. The van der Waals surface area contributed by atoms with Crippen LogP contribution in [0, 0.1) is 5.92 Å². The van der Waals surface area contributed by atoms with Crippen LogP contribution in [0.2, 0.25) is 0 Å². The third kappa shape index (κ3) is 5.11. The zero-order chi connectivity index (χ0) is 11.1. The predicted octanol–water partition coefficient (Wildman–Crippen LogP) is 2.17. The topological polar surface area (TPSA) is 29.1 Å². The lowest BCUT2D eigenvalue weighted by Crippen LogP contribution is -2.41. The van der Waals surface area contributed by atoms with Gasteiger partial charge in [-0.25, -0.2) is 0 Å². The first-order valence-corrected chi connectivity index (χ1v) is 7.01. The molecule has 0 saturated heterocycles. The van der Waals surface area contributed by atoms with Crippen LogP contribution in [0.3, 0.4) is 0 Å². The summed E-state index contributed by atoms with van der Waals surface area (Å²) in [4.78, 5) is 0. The summed E-state index contributed by atoms with van der Waals surface area (Å²) in [7, 11) is -0.689. The van der Waals surface area contributed by atoms with E-state index in [4.69, 9.17) is 0 Å². The summed E-state index contributed by atoms with van der Waals surface area (Å²) in [6, 6.07) is 0.402. The van der Waals surface area contributed by atoms with Crippen molar-refractivity contribution in [1.82, 2.24) is 5.32 Å². The second-order valence-corrected chi connectivity index (χ2v) is 6.06. The Morgan fingerprint density at radius 1 is 1.21 bits per heavy atom. The van der Waals surface area contributed by atoms with E-state index < -0.39 is 10.8 Å². The summed E-state index contributed by atoms with van der Waals surface area (Å²) in [6.45, 7) is 11.5. The normalized spacial score (nSPS) is 18.1. The molecule has 0 aromatic heterocycles. The molecule has 3 atom stereocenters. The summed E-state index contributed by atoms with van der Waals surface area (Å²) in [5, 5.41) is 3.66. The molecule has 3 heteroatoms. The molecule has 0 rings (SSSR count). The molecule has 0 aromatic carbocycles. The van der Waals surface area contributed by atoms with Gasteiger partial charge in [-0.1, -0.05) is 27.7 Å². The van der Waals surface area contributed by atoms with Crippen LogP contribution in [-0.4, -0.2) is 27.8 Å². The predicted molar refractivity (Wildman–Crippen MR) is 65.1 cm³/mol. The van der Waals surface area contributed by atoms with Gasteiger partial charge in [0.2, 0.25) is 0 Å². The van der Waals surface area contributed by atoms with E-state index in [1.807, 2.05) is 0 Å². The molecule has 0 radical (unpaired) electrons. The molecule has 0 amide bonds. The van der Waals surface area contributed by atoms with Crippen LogP contribution in [0.4, 0.5) is 0 Å². The lowest BCUT2D eigenvalue weighted by molar-refractivity contribution is 0.498.